The quantitative estimate of drug-likeness (QED) is 0.701. The molecule has 2 aromatic carbocycles. The van der Waals surface area contributed by atoms with Gasteiger partial charge in [-0.05, 0) is 48.2 Å². The van der Waals surface area contributed by atoms with Crippen molar-refractivity contribution < 1.29 is 9.53 Å². The van der Waals surface area contributed by atoms with Gasteiger partial charge in [-0.15, -0.1) is 11.8 Å². The Hall–Kier alpha value is -1.94. The lowest BCUT2D eigenvalue weighted by atomic mass is 9.75. The molecule has 4 heteroatoms. The molecule has 0 N–H and O–H groups in total. The summed E-state index contributed by atoms with van der Waals surface area (Å²) in [7, 11) is 1.72. The topological polar surface area (TPSA) is 29.5 Å². The van der Waals surface area contributed by atoms with Gasteiger partial charge in [0.05, 0.1) is 25.3 Å². The summed E-state index contributed by atoms with van der Waals surface area (Å²) < 4.78 is 5.60. The van der Waals surface area contributed by atoms with Crippen LogP contribution < -0.4 is 9.64 Å². The van der Waals surface area contributed by atoms with Crippen molar-refractivity contribution in [3.05, 3.63) is 53.6 Å². The molecule has 0 aromatic heterocycles. The lowest BCUT2D eigenvalue weighted by Crippen LogP contribution is -2.53. The van der Waals surface area contributed by atoms with Crippen molar-refractivity contribution in [3.8, 4) is 5.75 Å². The monoisotopic (exact) mass is 365 g/mol. The minimum atomic E-state index is 0.0732. The van der Waals surface area contributed by atoms with Crippen LogP contribution in [-0.2, 0) is 11.2 Å². The van der Waals surface area contributed by atoms with Crippen molar-refractivity contribution in [1.82, 2.24) is 0 Å². The fourth-order valence-electron chi connectivity index (χ4n) is 4.98. The van der Waals surface area contributed by atoms with Crippen molar-refractivity contribution in [2.24, 2.45) is 0 Å². The van der Waals surface area contributed by atoms with Crippen LogP contribution in [0.25, 0.3) is 0 Å². The maximum absolute atomic E-state index is 13.2. The van der Waals surface area contributed by atoms with Crippen molar-refractivity contribution >= 4 is 23.4 Å². The maximum atomic E-state index is 13.2. The van der Waals surface area contributed by atoms with Crippen molar-refractivity contribution in [3.63, 3.8) is 0 Å². The van der Waals surface area contributed by atoms with Gasteiger partial charge in [-0.1, -0.05) is 37.5 Å². The third-order valence-corrected chi connectivity index (χ3v) is 7.76. The van der Waals surface area contributed by atoms with Crippen LogP contribution in [0.3, 0.4) is 0 Å². The second-order valence-corrected chi connectivity index (χ2v) is 9.06. The van der Waals surface area contributed by atoms with Crippen LogP contribution >= 0.6 is 11.8 Å². The highest BCUT2D eigenvalue weighted by molar-refractivity contribution is 8.01. The first-order valence-electron chi connectivity index (χ1n) is 9.49. The lowest BCUT2D eigenvalue weighted by Gasteiger charge is -2.54. The molecule has 3 nitrogen and oxygen atoms in total. The predicted octanol–water partition coefficient (Wildman–Crippen LogP) is 5.13. The van der Waals surface area contributed by atoms with E-state index < -0.39 is 0 Å². The molecule has 1 atom stereocenters. The van der Waals surface area contributed by atoms with Crippen LogP contribution in [0.15, 0.2) is 47.4 Å². The molecule has 2 heterocycles. The Morgan fingerprint density at radius 1 is 1.12 bits per heavy atom. The molecule has 0 bridgehead atoms. The van der Waals surface area contributed by atoms with Crippen LogP contribution in [0.2, 0.25) is 0 Å². The summed E-state index contributed by atoms with van der Waals surface area (Å²) in [5.41, 5.74) is 3.53. The normalized spacial score (nSPS) is 23.2. The first kappa shape index (κ1) is 16.2. The first-order chi connectivity index (χ1) is 12.7. The van der Waals surface area contributed by atoms with Crippen LogP contribution in [0.5, 0.6) is 5.75 Å². The number of nitrogens with zero attached hydrogens (tertiary/aromatic N) is 1. The van der Waals surface area contributed by atoms with Gasteiger partial charge in [0.2, 0.25) is 5.91 Å². The third-order valence-electron chi connectivity index (χ3n) is 6.15. The van der Waals surface area contributed by atoms with E-state index in [1.165, 1.54) is 35.3 Å². The average Bonchev–Trinajstić information content (AvgIpc) is 2.68. The number of thioether (sulfide) groups is 1. The second kappa shape index (κ2) is 6.05. The molecule has 1 amide bonds. The molecule has 3 aliphatic rings. The van der Waals surface area contributed by atoms with Crippen LogP contribution in [0.4, 0.5) is 5.69 Å². The number of methoxy groups -OCH3 is 1. The molecule has 1 saturated carbocycles. The molecule has 0 saturated heterocycles. The Morgan fingerprint density at radius 3 is 2.73 bits per heavy atom. The highest BCUT2D eigenvalue weighted by Gasteiger charge is 2.52. The fourth-order valence-corrected chi connectivity index (χ4v) is 6.67. The molecular weight excluding hydrogens is 342 g/mol. The molecule has 1 unspecified atom stereocenters. The van der Waals surface area contributed by atoms with Gasteiger partial charge in [0.1, 0.15) is 5.75 Å². The number of hydrogen-bond acceptors (Lipinski definition) is 3. The number of para-hydroxylation sites is 1. The number of fused-ring (bicyclic) bond motifs is 6. The summed E-state index contributed by atoms with van der Waals surface area (Å²) >= 11 is 2.01. The van der Waals surface area contributed by atoms with Gasteiger partial charge in [0.15, 0.2) is 0 Å². The van der Waals surface area contributed by atoms with Gasteiger partial charge in [-0.25, -0.2) is 0 Å². The smallest absolute Gasteiger partial charge is 0.232 e. The van der Waals surface area contributed by atoms with Crippen molar-refractivity contribution in [1.29, 1.82) is 0 Å². The molecule has 26 heavy (non-hydrogen) atoms. The van der Waals surface area contributed by atoms with E-state index >= 15 is 0 Å². The summed E-state index contributed by atoms with van der Waals surface area (Å²) in [4.78, 5) is 16.6. The van der Waals surface area contributed by atoms with Gasteiger partial charge >= 0.3 is 0 Å². The Kier molecular flexibility index (Phi) is 3.78. The lowest BCUT2D eigenvalue weighted by molar-refractivity contribution is -0.119. The van der Waals surface area contributed by atoms with E-state index in [2.05, 4.69) is 35.2 Å². The summed E-state index contributed by atoms with van der Waals surface area (Å²) in [6, 6.07) is 14.8. The zero-order valence-corrected chi connectivity index (χ0v) is 15.8. The number of carbonyl (C=O) groups is 1. The molecule has 1 aliphatic carbocycles. The molecule has 134 valence electrons. The zero-order valence-electron chi connectivity index (χ0n) is 15.0. The number of anilines is 1. The number of ether oxygens (including phenoxy) is 1. The van der Waals surface area contributed by atoms with Crippen LogP contribution in [0, 0.1) is 0 Å². The summed E-state index contributed by atoms with van der Waals surface area (Å²) in [6.07, 6.45) is 6.59. The number of rotatable bonds is 1. The average molecular weight is 365 g/mol. The van der Waals surface area contributed by atoms with Crippen molar-refractivity contribution in [2.75, 3.05) is 12.0 Å². The molecule has 5 rings (SSSR count). The number of benzene rings is 2. The van der Waals surface area contributed by atoms with E-state index in [-0.39, 0.29) is 16.7 Å². The number of amides is 1. The van der Waals surface area contributed by atoms with Gasteiger partial charge in [0.25, 0.3) is 0 Å². The summed E-state index contributed by atoms with van der Waals surface area (Å²) in [5, 5.41) is 0. The second-order valence-electron chi connectivity index (χ2n) is 7.60. The van der Waals surface area contributed by atoms with Gasteiger partial charge in [0, 0.05) is 9.64 Å². The Labute approximate surface area is 158 Å². The Morgan fingerprint density at radius 2 is 1.92 bits per heavy atom. The maximum Gasteiger partial charge on any atom is 0.232 e. The molecule has 2 aliphatic heterocycles. The van der Waals surface area contributed by atoms with Gasteiger partial charge < -0.3 is 9.64 Å². The Bertz CT molecular complexity index is 872. The summed E-state index contributed by atoms with van der Waals surface area (Å²) in [6.45, 7) is 0. The minimum absolute atomic E-state index is 0.0732. The van der Waals surface area contributed by atoms with E-state index in [0.717, 1.165) is 24.3 Å². The number of carbonyl (C=O) groups excluding carboxylic acids is 1. The van der Waals surface area contributed by atoms with Gasteiger partial charge in [-0.3, -0.25) is 4.79 Å². The zero-order chi connectivity index (χ0) is 17.7. The van der Waals surface area contributed by atoms with Crippen LogP contribution in [-0.4, -0.2) is 17.8 Å². The van der Waals surface area contributed by atoms with E-state index in [9.17, 15) is 4.79 Å². The Balaban J connectivity index is 1.75. The molecule has 1 fully saturated rings. The first-order valence-corrected chi connectivity index (χ1v) is 10.3. The van der Waals surface area contributed by atoms with E-state index in [1.807, 2.05) is 23.9 Å². The van der Waals surface area contributed by atoms with Crippen LogP contribution in [0.1, 0.15) is 49.3 Å². The predicted molar refractivity (Wildman–Crippen MR) is 105 cm³/mol. The standard InChI is InChI=1S/C22H23NO2S/c1-25-16-10-9-15-13-20(24)23-18-7-3-4-8-19(18)26-22(11-5-2-6-12-22)21(23)17(15)14-16/h3-4,7-10,14,21H,2,5-6,11-13H2,1H3. The molecule has 1 spiro atoms. The van der Waals surface area contributed by atoms with E-state index in [0.29, 0.717) is 6.42 Å². The van der Waals surface area contributed by atoms with E-state index in [1.54, 1.807) is 7.11 Å². The molecule has 2 aromatic rings. The minimum Gasteiger partial charge on any atom is -0.497 e. The fraction of sp³-hybridized carbons (Fsp3) is 0.409. The highest BCUT2D eigenvalue weighted by atomic mass is 32.2. The highest BCUT2D eigenvalue weighted by Crippen LogP contribution is 2.61. The molecular formula is C22H23NO2S. The number of hydrogen-bond donors (Lipinski definition) is 0. The van der Waals surface area contributed by atoms with Crippen molar-refractivity contribution in [2.45, 2.75) is 54.2 Å². The summed E-state index contributed by atoms with van der Waals surface area (Å²) in [5.74, 6) is 1.11. The van der Waals surface area contributed by atoms with E-state index in [4.69, 9.17) is 4.74 Å². The van der Waals surface area contributed by atoms with Gasteiger partial charge in [-0.2, -0.15) is 0 Å². The largest absolute Gasteiger partial charge is 0.497 e. The molecule has 0 radical (unpaired) electrons. The SMILES string of the molecule is COc1ccc2c(c1)C1N(C(=O)C2)c2ccccc2SC12CCCCC2. The third kappa shape index (κ3) is 2.31.